The van der Waals surface area contributed by atoms with Gasteiger partial charge in [-0.25, -0.2) is 4.79 Å². The second kappa shape index (κ2) is 9.01. The van der Waals surface area contributed by atoms with E-state index in [0.29, 0.717) is 22.0 Å². The van der Waals surface area contributed by atoms with E-state index in [9.17, 15) is 9.59 Å². The minimum Gasteiger partial charge on any atom is -0.495 e. The number of carbonyl (C=O) groups is 2. The van der Waals surface area contributed by atoms with E-state index < -0.39 is 5.97 Å². The fourth-order valence-electron chi connectivity index (χ4n) is 2.33. The largest absolute Gasteiger partial charge is 0.495 e. The first-order valence-electron chi connectivity index (χ1n) is 8.22. The van der Waals surface area contributed by atoms with Crippen molar-refractivity contribution >= 4 is 29.2 Å². The molecule has 1 heterocycles. The van der Waals surface area contributed by atoms with Crippen LogP contribution in [-0.2, 0) is 22.6 Å². The monoisotopic (exact) mass is 401 g/mol. The molecule has 9 heteroatoms. The van der Waals surface area contributed by atoms with Crippen LogP contribution in [0.2, 0.25) is 5.02 Å². The molecule has 0 radical (unpaired) electrons. The minimum atomic E-state index is -0.573. The van der Waals surface area contributed by atoms with Gasteiger partial charge in [-0.2, -0.15) is 4.98 Å². The normalized spacial score (nSPS) is 10.4. The van der Waals surface area contributed by atoms with Gasteiger partial charge in [0.1, 0.15) is 5.75 Å². The number of hydrogen-bond donors (Lipinski definition) is 1. The Morgan fingerprint density at radius 1 is 1.18 bits per heavy atom. The molecule has 0 saturated carbocycles. The van der Waals surface area contributed by atoms with Gasteiger partial charge < -0.3 is 19.3 Å². The predicted molar refractivity (Wildman–Crippen MR) is 100 cm³/mol. The van der Waals surface area contributed by atoms with Gasteiger partial charge in [-0.15, -0.1) is 0 Å². The summed E-state index contributed by atoms with van der Waals surface area (Å²) in [6.07, 6.45) is -0.107. The molecule has 0 atom stereocenters. The second-order valence-electron chi connectivity index (χ2n) is 5.62. The van der Waals surface area contributed by atoms with Crippen molar-refractivity contribution in [2.24, 2.45) is 0 Å². The molecule has 1 N–H and O–H groups in total. The van der Waals surface area contributed by atoms with E-state index in [4.69, 9.17) is 25.6 Å². The molecule has 0 aliphatic rings. The number of amides is 1. The fraction of sp³-hybridized carbons (Fsp3) is 0.158. The van der Waals surface area contributed by atoms with Crippen LogP contribution in [0.5, 0.6) is 5.75 Å². The summed E-state index contributed by atoms with van der Waals surface area (Å²) in [5, 5.41) is 6.85. The topological polar surface area (TPSA) is 104 Å². The van der Waals surface area contributed by atoms with E-state index in [2.05, 4.69) is 15.5 Å². The Bertz CT molecular complexity index is 989. The van der Waals surface area contributed by atoms with E-state index in [1.54, 1.807) is 42.5 Å². The number of aromatic nitrogens is 2. The van der Waals surface area contributed by atoms with Gasteiger partial charge in [0, 0.05) is 5.02 Å². The number of para-hydroxylation sites is 2. The number of rotatable bonds is 7. The Kier molecular flexibility index (Phi) is 6.23. The first-order valence-corrected chi connectivity index (χ1v) is 8.60. The van der Waals surface area contributed by atoms with Crippen LogP contribution in [-0.4, -0.2) is 29.1 Å². The van der Waals surface area contributed by atoms with E-state index in [-0.39, 0.29) is 30.7 Å². The van der Waals surface area contributed by atoms with Crippen molar-refractivity contribution in [2.75, 3.05) is 12.4 Å². The zero-order chi connectivity index (χ0) is 19.9. The second-order valence-corrected chi connectivity index (χ2v) is 6.05. The van der Waals surface area contributed by atoms with Crippen LogP contribution in [0.3, 0.4) is 0 Å². The summed E-state index contributed by atoms with van der Waals surface area (Å²) in [5.74, 6) is -0.127. The predicted octanol–water partition coefficient (Wildman–Crippen LogP) is 3.27. The number of carbonyl (C=O) groups excluding carboxylic acids is 2. The van der Waals surface area contributed by atoms with Crippen molar-refractivity contribution in [1.29, 1.82) is 0 Å². The summed E-state index contributed by atoms with van der Waals surface area (Å²) in [6, 6.07) is 13.4. The van der Waals surface area contributed by atoms with Gasteiger partial charge in [0.25, 0.3) is 5.89 Å². The zero-order valence-corrected chi connectivity index (χ0v) is 15.6. The number of methoxy groups -OCH3 is 1. The van der Waals surface area contributed by atoms with E-state index >= 15 is 0 Å². The smallest absolute Gasteiger partial charge is 0.338 e. The fourth-order valence-corrected chi connectivity index (χ4v) is 2.52. The third kappa shape index (κ3) is 5.08. The first-order chi connectivity index (χ1) is 13.5. The number of benzene rings is 2. The van der Waals surface area contributed by atoms with Gasteiger partial charge in [-0.3, -0.25) is 4.79 Å². The lowest BCUT2D eigenvalue weighted by Crippen LogP contribution is -2.15. The SMILES string of the molecule is COc1ccccc1NC(=O)Cc1noc(COC(=O)c2cccc(Cl)c2)n1. The third-order valence-electron chi connectivity index (χ3n) is 3.60. The molecule has 8 nitrogen and oxygen atoms in total. The summed E-state index contributed by atoms with van der Waals surface area (Å²) < 4.78 is 15.3. The van der Waals surface area contributed by atoms with Crippen LogP contribution < -0.4 is 10.1 Å². The van der Waals surface area contributed by atoms with Crippen molar-refractivity contribution < 1.29 is 23.6 Å². The highest BCUT2D eigenvalue weighted by Crippen LogP contribution is 2.23. The van der Waals surface area contributed by atoms with Crippen LogP contribution in [0.25, 0.3) is 0 Å². The highest BCUT2D eigenvalue weighted by Gasteiger charge is 2.15. The Balaban J connectivity index is 1.54. The lowest BCUT2D eigenvalue weighted by Gasteiger charge is -2.08. The molecule has 0 saturated heterocycles. The van der Waals surface area contributed by atoms with Crippen LogP contribution in [0, 0.1) is 0 Å². The number of halogens is 1. The standard InChI is InChI=1S/C19H16ClN3O5/c1-26-15-8-3-2-7-14(15)21-17(24)10-16-22-18(28-23-16)11-27-19(25)12-5-4-6-13(20)9-12/h2-9H,10-11H2,1H3,(H,21,24). The molecule has 0 bridgehead atoms. The van der Waals surface area contributed by atoms with Crippen molar-refractivity contribution in [3.8, 4) is 5.75 Å². The molecule has 1 amide bonds. The number of esters is 1. The molecule has 1 aromatic heterocycles. The Labute approximate surface area is 165 Å². The average molecular weight is 402 g/mol. The van der Waals surface area contributed by atoms with Gasteiger partial charge in [-0.05, 0) is 30.3 Å². The quantitative estimate of drug-likeness (QED) is 0.606. The van der Waals surface area contributed by atoms with Crippen LogP contribution in [0.1, 0.15) is 22.1 Å². The number of nitrogens with one attached hydrogen (secondary N) is 1. The molecule has 0 unspecified atom stereocenters. The molecule has 144 valence electrons. The van der Waals surface area contributed by atoms with Crippen LogP contribution >= 0.6 is 11.6 Å². The zero-order valence-electron chi connectivity index (χ0n) is 14.8. The summed E-state index contributed by atoms with van der Waals surface area (Å²) in [4.78, 5) is 28.2. The van der Waals surface area contributed by atoms with Gasteiger partial charge in [0.15, 0.2) is 12.4 Å². The maximum absolute atomic E-state index is 12.2. The van der Waals surface area contributed by atoms with Crippen LogP contribution in [0.4, 0.5) is 5.69 Å². The van der Waals surface area contributed by atoms with E-state index in [0.717, 1.165) is 0 Å². The highest BCUT2D eigenvalue weighted by atomic mass is 35.5. The molecule has 0 fully saturated rings. The number of nitrogens with zero attached hydrogens (tertiary/aromatic N) is 2. The lowest BCUT2D eigenvalue weighted by molar-refractivity contribution is -0.115. The highest BCUT2D eigenvalue weighted by molar-refractivity contribution is 6.30. The molecule has 2 aromatic carbocycles. The van der Waals surface area contributed by atoms with Crippen molar-refractivity contribution in [1.82, 2.24) is 10.1 Å². The average Bonchev–Trinajstić information content (AvgIpc) is 3.13. The molecule has 0 aliphatic heterocycles. The molecular weight excluding hydrogens is 386 g/mol. The number of ether oxygens (including phenoxy) is 2. The molecular formula is C19H16ClN3O5. The molecule has 3 rings (SSSR count). The number of anilines is 1. The van der Waals surface area contributed by atoms with Crippen molar-refractivity contribution in [2.45, 2.75) is 13.0 Å². The molecule has 0 spiro atoms. The van der Waals surface area contributed by atoms with Gasteiger partial charge >= 0.3 is 5.97 Å². The van der Waals surface area contributed by atoms with Gasteiger partial charge in [0.05, 0.1) is 24.8 Å². The summed E-state index contributed by atoms with van der Waals surface area (Å²) in [6.45, 7) is -0.216. The first kappa shape index (κ1) is 19.4. The van der Waals surface area contributed by atoms with Crippen molar-refractivity contribution in [3.63, 3.8) is 0 Å². The van der Waals surface area contributed by atoms with Gasteiger partial charge in [0.2, 0.25) is 5.91 Å². The Morgan fingerprint density at radius 2 is 2.00 bits per heavy atom. The Morgan fingerprint density at radius 3 is 2.79 bits per heavy atom. The third-order valence-corrected chi connectivity index (χ3v) is 3.83. The minimum absolute atomic E-state index is 0.0791. The lowest BCUT2D eigenvalue weighted by atomic mass is 10.2. The molecule has 0 aliphatic carbocycles. The maximum Gasteiger partial charge on any atom is 0.338 e. The Hall–Kier alpha value is -3.39. The summed E-state index contributed by atoms with van der Waals surface area (Å²) >= 11 is 5.84. The summed E-state index contributed by atoms with van der Waals surface area (Å²) in [5.41, 5.74) is 0.845. The number of hydrogen-bond acceptors (Lipinski definition) is 7. The van der Waals surface area contributed by atoms with Crippen molar-refractivity contribution in [3.05, 3.63) is 70.8 Å². The molecule has 3 aromatic rings. The summed E-state index contributed by atoms with van der Waals surface area (Å²) in [7, 11) is 1.52. The molecule has 28 heavy (non-hydrogen) atoms. The maximum atomic E-state index is 12.2. The van der Waals surface area contributed by atoms with E-state index in [1.807, 2.05) is 0 Å². The van der Waals surface area contributed by atoms with Crippen LogP contribution in [0.15, 0.2) is 53.1 Å². The van der Waals surface area contributed by atoms with Gasteiger partial charge in [-0.1, -0.05) is 35.0 Å². The van der Waals surface area contributed by atoms with E-state index in [1.165, 1.54) is 13.2 Å².